The van der Waals surface area contributed by atoms with Gasteiger partial charge in [-0.25, -0.2) is 4.39 Å². The van der Waals surface area contributed by atoms with E-state index in [9.17, 15) is 4.39 Å². The van der Waals surface area contributed by atoms with Crippen molar-refractivity contribution in [3.63, 3.8) is 0 Å². The van der Waals surface area contributed by atoms with Crippen LogP contribution < -0.4 is 5.32 Å². The highest BCUT2D eigenvalue weighted by Crippen LogP contribution is 2.30. The zero-order chi connectivity index (χ0) is 15.6. The molecule has 1 unspecified atom stereocenters. The number of rotatable bonds is 4. The fourth-order valence-electron chi connectivity index (χ4n) is 3.10. The van der Waals surface area contributed by atoms with Crippen LogP contribution in [0.15, 0.2) is 30.3 Å². The summed E-state index contributed by atoms with van der Waals surface area (Å²) in [6.07, 6.45) is 0. The van der Waals surface area contributed by atoms with Crippen LogP contribution in [0.1, 0.15) is 46.3 Å². The fourth-order valence-corrected chi connectivity index (χ4v) is 3.10. The Morgan fingerprint density at radius 3 is 2.10 bits per heavy atom. The van der Waals surface area contributed by atoms with E-state index in [0.29, 0.717) is 0 Å². The first-order valence-electron chi connectivity index (χ1n) is 7.51. The van der Waals surface area contributed by atoms with Gasteiger partial charge in [-0.15, -0.1) is 0 Å². The van der Waals surface area contributed by atoms with E-state index >= 15 is 0 Å². The van der Waals surface area contributed by atoms with Crippen molar-refractivity contribution in [2.45, 2.75) is 40.7 Å². The van der Waals surface area contributed by atoms with E-state index in [0.717, 1.165) is 17.7 Å². The number of benzene rings is 2. The highest BCUT2D eigenvalue weighted by atomic mass is 19.1. The molecule has 1 nitrogen and oxygen atoms in total. The van der Waals surface area contributed by atoms with Crippen LogP contribution in [0.5, 0.6) is 0 Å². The second kappa shape index (κ2) is 6.40. The molecule has 2 aromatic carbocycles. The van der Waals surface area contributed by atoms with Crippen LogP contribution in [-0.2, 0) is 0 Å². The molecule has 0 aromatic heterocycles. The highest BCUT2D eigenvalue weighted by Gasteiger charge is 2.19. The summed E-state index contributed by atoms with van der Waals surface area (Å²) in [5.41, 5.74) is 6.98. The van der Waals surface area contributed by atoms with Crippen molar-refractivity contribution in [3.8, 4) is 0 Å². The largest absolute Gasteiger partial charge is 0.307 e. The minimum Gasteiger partial charge on any atom is -0.307 e. The summed E-state index contributed by atoms with van der Waals surface area (Å²) in [6, 6.07) is 9.87. The van der Waals surface area contributed by atoms with Gasteiger partial charge in [0, 0.05) is 0 Å². The molecule has 1 N–H and O–H groups in total. The van der Waals surface area contributed by atoms with Gasteiger partial charge >= 0.3 is 0 Å². The summed E-state index contributed by atoms with van der Waals surface area (Å²) in [4.78, 5) is 0. The molecule has 0 fully saturated rings. The molecule has 2 heteroatoms. The van der Waals surface area contributed by atoms with E-state index in [2.05, 4.69) is 44.3 Å². The Morgan fingerprint density at radius 1 is 0.952 bits per heavy atom. The Labute approximate surface area is 127 Å². The SMILES string of the molecule is CCNC(c1ccc(C)cc1C)c1c(C)cc(F)cc1C. The van der Waals surface area contributed by atoms with Gasteiger partial charge in [-0.3, -0.25) is 0 Å². The highest BCUT2D eigenvalue weighted by molar-refractivity contribution is 5.45. The van der Waals surface area contributed by atoms with Crippen LogP contribution in [0.2, 0.25) is 0 Å². The molecule has 2 aromatic rings. The van der Waals surface area contributed by atoms with E-state index in [-0.39, 0.29) is 11.9 Å². The van der Waals surface area contributed by atoms with Crippen molar-refractivity contribution in [2.75, 3.05) is 6.54 Å². The smallest absolute Gasteiger partial charge is 0.123 e. The third-order valence-electron chi connectivity index (χ3n) is 3.99. The maximum absolute atomic E-state index is 13.6. The summed E-state index contributed by atoms with van der Waals surface area (Å²) in [7, 11) is 0. The fraction of sp³-hybridized carbons (Fsp3) is 0.368. The lowest BCUT2D eigenvalue weighted by atomic mass is 9.88. The van der Waals surface area contributed by atoms with Gasteiger partial charge in [0.15, 0.2) is 0 Å². The van der Waals surface area contributed by atoms with Crippen molar-refractivity contribution >= 4 is 0 Å². The van der Waals surface area contributed by atoms with E-state index in [1.54, 1.807) is 12.1 Å². The van der Waals surface area contributed by atoms with Crippen molar-refractivity contribution in [1.29, 1.82) is 0 Å². The molecule has 112 valence electrons. The quantitative estimate of drug-likeness (QED) is 0.854. The van der Waals surface area contributed by atoms with Crippen LogP contribution in [0.4, 0.5) is 4.39 Å². The number of aryl methyl sites for hydroxylation is 4. The molecule has 0 aliphatic rings. The van der Waals surface area contributed by atoms with E-state index in [4.69, 9.17) is 0 Å². The van der Waals surface area contributed by atoms with E-state index < -0.39 is 0 Å². The third kappa shape index (κ3) is 3.33. The van der Waals surface area contributed by atoms with Gasteiger partial charge < -0.3 is 5.32 Å². The maximum atomic E-state index is 13.6. The lowest BCUT2D eigenvalue weighted by Crippen LogP contribution is -2.24. The molecule has 0 amide bonds. The Kier molecular flexibility index (Phi) is 4.79. The minimum absolute atomic E-state index is 0.108. The minimum atomic E-state index is -0.162. The van der Waals surface area contributed by atoms with Gasteiger partial charge in [-0.05, 0) is 74.2 Å². The van der Waals surface area contributed by atoms with Crippen LogP contribution in [0.3, 0.4) is 0 Å². The summed E-state index contributed by atoms with van der Waals surface area (Å²) in [5, 5.41) is 3.55. The van der Waals surface area contributed by atoms with Crippen molar-refractivity contribution in [2.24, 2.45) is 0 Å². The molecule has 0 bridgehead atoms. The number of hydrogen-bond donors (Lipinski definition) is 1. The first kappa shape index (κ1) is 15.7. The lowest BCUT2D eigenvalue weighted by Gasteiger charge is -2.25. The van der Waals surface area contributed by atoms with Crippen molar-refractivity contribution < 1.29 is 4.39 Å². The van der Waals surface area contributed by atoms with Crippen LogP contribution in [0, 0.1) is 33.5 Å². The van der Waals surface area contributed by atoms with Gasteiger partial charge in [-0.1, -0.05) is 30.7 Å². The average molecular weight is 285 g/mol. The topological polar surface area (TPSA) is 12.0 Å². The first-order chi connectivity index (χ1) is 9.93. The second-order valence-corrected chi connectivity index (χ2v) is 5.80. The van der Waals surface area contributed by atoms with Crippen LogP contribution >= 0.6 is 0 Å². The molecule has 0 saturated carbocycles. The molecule has 0 saturated heterocycles. The molecule has 0 heterocycles. The number of nitrogens with one attached hydrogen (secondary N) is 1. The molecule has 0 aliphatic carbocycles. The van der Waals surface area contributed by atoms with Crippen LogP contribution in [0.25, 0.3) is 0 Å². The molecule has 2 rings (SSSR count). The predicted octanol–water partition coefficient (Wildman–Crippen LogP) is 4.76. The predicted molar refractivity (Wildman–Crippen MR) is 87.3 cm³/mol. The average Bonchev–Trinajstić information content (AvgIpc) is 2.37. The molecule has 21 heavy (non-hydrogen) atoms. The molecular weight excluding hydrogens is 261 g/mol. The lowest BCUT2D eigenvalue weighted by molar-refractivity contribution is 0.604. The monoisotopic (exact) mass is 285 g/mol. The Morgan fingerprint density at radius 2 is 1.57 bits per heavy atom. The van der Waals surface area contributed by atoms with Gasteiger partial charge in [-0.2, -0.15) is 0 Å². The summed E-state index contributed by atoms with van der Waals surface area (Å²) in [6.45, 7) is 11.2. The Hall–Kier alpha value is -1.67. The molecular formula is C19H24FN. The zero-order valence-corrected chi connectivity index (χ0v) is 13.5. The summed E-state index contributed by atoms with van der Waals surface area (Å²) in [5.74, 6) is -0.162. The maximum Gasteiger partial charge on any atom is 0.123 e. The normalized spacial score (nSPS) is 12.5. The number of hydrogen-bond acceptors (Lipinski definition) is 1. The molecule has 0 aliphatic heterocycles. The molecule has 0 radical (unpaired) electrons. The second-order valence-electron chi connectivity index (χ2n) is 5.80. The Bertz CT molecular complexity index is 623. The zero-order valence-electron chi connectivity index (χ0n) is 13.5. The standard InChI is InChI=1S/C19H24FN/c1-6-21-19(17-8-7-12(2)9-13(17)3)18-14(4)10-16(20)11-15(18)5/h7-11,19,21H,6H2,1-5H3. The van der Waals surface area contributed by atoms with E-state index in [1.165, 1.54) is 22.3 Å². The van der Waals surface area contributed by atoms with Crippen LogP contribution in [-0.4, -0.2) is 6.54 Å². The third-order valence-corrected chi connectivity index (χ3v) is 3.99. The molecule has 0 spiro atoms. The summed E-state index contributed by atoms with van der Waals surface area (Å²) < 4.78 is 13.6. The Balaban J connectivity index is 2.59. The van der Waals surface area contributed by atoms with Crippen molar-refractivity contribution in [1.82, 2.24) is 5.32 Å². The van der Waals surface area contributed by atoms with E-state index in [1.807, 2.05) is 13.8 Å². The number of halogens is 1. The molecule has 1 atom stereocenters. The van der Waals surface area contributed by atoms with Gasteiger partial charge in [0.1, 0.15) is 5.82 Å². The first-order valence-corrected chi connectivity index (χ1v) is 7.51. The van der Waals surface area contributed by atoms with Crippen molar-refractivity contribution in [3.05, 3.63) is 69.5 Å². The van der Waals surface area contributed by atoms with Gasteiger partial charge in [0.25, 0.3) is 0 Å². The summed E-state index contributed by atoms with van der Waals surface area (Å²) >= 11 is 0. The van der Waals surface area contributed by atoms with Gasteiger partial charge in [0.05, 0.1) is 6.04 Å². The van der Waals surface area contributed by atoms with Gasteiger partial charge in [0.2, 0.25) is 0 Å².